The number of hydrogen-bond acceptors (Lipinski definition) is 3. The fourth-order valence-corrected chi connectivity index (χ4v) is 1.50. The molecule has 0 aliphatic carbocycles. The quantitative estimate of drug-likeness (QED) is 0.612. The highest BCUT2D eigenvalue weighted by atomic mass is 32.1. The second-order valence-corrected chi connectivity index (χ2v) is 3.48. The average Bonchev–Trinajstić information content (AvgIpc) is 2.17. The van der Waals surface area contributed by atoms with Crippen LogP contribution in [-0.2, 0) is 0 Å². The van der Waals surface area contributed by atoms with Gasteiger partial charge in [0.1, 0.15) is 12.0 Å². The SMILES string of the molecule is NC1=N[C@@H](c2ccc(F)cc2)NC(=S)N1. The molecule has 0 saturated heterocycles. The molecule has 1 aromatic rings. The summed E-state index contributed by atoms with van der Waals surface area (Å²) in [6, 6.07) is 6.01. The van der Waals surface area contributed by atoms with E-state index in [0.29, 0.717) is 5.11 Å². The third-order valence-corrected chi connectivity index (χ3v) is 2.18. The first-order valence-corrected chi connectivity index (χ1v) is 4.72. The van der Waals surface area contributed by atoms with Crippen LogP contribution in [-0.4, -0.2) is 11.1 Å². The van der Waals surface area contributed by atoms with E-state index in [4.69, 9.17) is 18.0 Å². The zero-order valence-electron chi connectivity index (χ0n) is 7.70. The number of halogens is 1. The maximum atomic E-state index is 12.7. The number of rotatable bonds is 1. The molecule has 0 unspecified atom stereocenters. The van der Waals surface area contributed by atoms with Crippen LogP contribution in [0.3, 0.4) is 0 Å². The van der Waals surface area contributed by atoms with E-state index in [1.54, 1.807) is 12.1 Å². The summed E-state index contributed by atoms with van der Waals surface area (Å²) < 4.78 is 12.7. The van der Waals surface area contributed by atoms with Crippen LogP contribution in [0.25, 0.3) is 0 Å². The van der Waals surface area contributed by atoms with Crippen molar-refractivity contribution in [3.05, 3.63) is 35.6 Å². The van der Waals surface area contributed by atoms with Gasteiger partial charge in [0.25, 0.3) is 0 Å². The van der Waals surface area contributed by atoms with E-state index in [1.807, 2.05) is 0 Å². The van der Waals surface area contributed by atoms with Crippen LogP contribution < -0.4 is 16.4 Å². The lowest BCUT2D eigenvalue weighted by atomic mass is 10.1. The second-order valence-electron chi connectivity index (χ2n) is 3.07. The predicted molar refractivity (Wildman–Crippen MR) is 59.6 cm³/mol. The standard InChI is InChI=1S/C9H9FN4S/c10-6-3-1-5(2-4-6)7-12-8(11)14-9(15)13-7/h1-4,7H,(H4,11,12,13,14,15)/t7-/m1/s1. The Morgan fingerprint density at radius 1 is 1.33 bits per heavy atom. The minimum atomic E-state index is -0.348. The highest BCUT2D eigenvalue weighted by Crippen LogP contribution is 2.16. The first-order valence-electron chi connectivity index (χ1n) is 4.31. The first-order chi connectivity index (χ1) is 7.15. The van der Waals surface area contributed by atoms with Crippen LogP contribution >= 0.6 is 12.2 Å². The van der Waals surface area contributed by atoms with Gasteiger partial charge in [-0.25, -0.2) is 9.38 Å². The van der Waals surface area contributed by atoms with Crippen LogP contribution in [0.15, 0.2) is 29.3 Å². The van der Waals surface area contributed by atoms with Crippen LogP contribution in [0.4, 0.5) is 4.39 Å². The molecule has 6 heteroatoms. The highest BCUT2D eigenvalue weighted by molar-refractivity contribution is 7.80. The molecule has 0 fully saturated rings. The van der Waals surface area contributed by atoms with E-state index in [1.165, 1.54) is 12.1 Å². The Balaban J connectivity index is 2.27. The summed E-state index contributed by atoms with van der Waals surface area (Å²) in [7, 11) is 0. The molecule has 1 aromatic carbocycles. The average molecular weight is 224 g/mol. The zero-order valence-corrected chi connectivity index (χ0v) is 8.51. The number of nitrogens with zero attached hydrogens (tertiary/aromatic N) is 1. The smallest absolute Gasteiger partial charge is 0.197 e. The first kappa shape index (κ1) is 9.85. The molecule has 0 spiro atoms. The van der Waals surface area contributed by atoms with Crippen molar-refractivity contribution in [2.45, 2.75) is 6.17 Å². The van der Waals surface area contributed by atoms with Crippen LogP contribution in [0.5, 0.6) is 0 Å². The summed E-state index contributed by atoms with van der Waals surface area (Å²) in [5.41, 5.74) is 6.33. The van der Waals surface area contributed by atoms with E-state index in [9.17, 15) is 4.39 Å². The summed E-state index contributed by atoms with van der Waals surface area (Å²) in [6.07, 6.45) is -0.348. The Hall–Kier alpha value is -1.69. The molecule has 4 N–H and O–H groups in total. The fourth-order valence-electron chi connectivity index (χ4n) is 1.28. The van der Waals surface area contributed by atoms with Gasteiger partial charge in [-0.3, -0.25) is 0 Å². The molecule has 1 atom stereocenters. The normalized spacial score (nSPS) is 20.2. The minimum absolute atomic E-state index is 0.257. The van der Waals surface area contributed by atoms with Crippen molar-refractivity contribution in [1.29, 1.82) is 0 Å². The molecule has 1 aliphatic heterocycles. The molecular formula is C9H9FN4S. The molecule has 0 aromatic heterocycles. The van der Waals surface area contributed by atoms with Gasteiger partial charge in [-0.05, 0) is 29.9 Å². The zero-order chi connectivity index (χ0) is 10.8. The van der Waals surface area contributed by atoms with Gasteiger partial charge in [0.2, 0.25) is 0 Å². The summed E-state index contributed by atoms with van der Waals surface area (Å²) in [4.78, 5) is 4.09. The van der Waals surface area contributed by atoms with E-state index < -0.39 is 0 Å². The third-order valence-electron chi connectivity index (χ3n) is 1.96. The predicted octanol–water partition coefficient (Wildman–Crippen LogP) is 0.617. The summed E-state index contributed by atoms with van der Waals surface area (Å²) in [5, 5.41) is 5.99. The van der Waals surface area contributed by atoms with Crippen molar-refractivity contribution in [2.24, 2.45) is 10.7 Å². The number of guanidine groups is 1. The van der Waals surface area contributed by atoms with Gasteiger partial charge in [0.05, 0.1) is 0 Å². The Kier molecular flexibility index (Phi) is 2.51. The highest BCUT2D eigenvalue weighted by Gasteiger charge is 2.16. The van der Waals surface area contributed by atoms with Gasteiger partial charge in [0.15, 0.2) is 11.1 Å². The van der Waals surface area contributed by atoms with E-state index in [2.05, 4.69) is 15.6 Å². The van der Waals surface area contributed by atoms with Crippen molar-refractivity contribution >= 4 is 23.3 Å². The summed E-state index contributed by atoms with van der Waals surface area (Å²) >= 11 is 4.93. The van der Waals surface area contributed by atoms with Gasteiger partial charge >= 0.3 is 0 Å². The van der Waals surface area contributed by atoms with Crippen molar-refractivity contribution in [2.75, 3.05) is 0 Å². The van der Waals surface area contributed by atoms with Gasteiger partial charge in [-0.2, -0.15) is 0 Å². The van der Waals surface area contributed by atoms with E-state index >= 15 is 0 Å². The van der Waals surface area contributed by atoms with Crippen LogP contribution in [0.2, 0.25) is 0 Å². The van der Waals surface area contributed by atoms with Gasteiger partial charge < -0.3 is 16.4 Å². The van der Waals surface area contributed by atoms with Crippen molar-refractivity contribution < 1.29 is 4.39 Å². The molecule has 1 aliphatic rings. The maximum Gasteiger partial charge on any atom is 0.197 e. The van der Waals surface area contributed by atoms with Crippen LogP contribution in [0, 0.1) is 5.82 Å². The van der Waals surface area contributed by atoms with Crippen molar-refractivity contribution in [1.82, 2.24) is 10.6 Å². The lowest BCUT2D eigenvalue weighted by molar-refractivity contribution is 0.620. The number of nitrogens with two attached hydrogens (primary N) is 1. The maximum absolute atomic E-state index is 12.7. The van der Waals surface area contributed by atoms with Crippen molar-refractivity contribution in [3.63, 3.8) is 0 Å². The lowest BCUT2D eigenvalue weighted by Crippen LogP contribution is -2.49. The fraction of sp³-hybridized carbons (Fsp3) is 0.111. The summed E-state index contributed by atoms with van der Waals surface area (Å²) in [5.74, 6) is -0.0275. The number of hydrogen-bond donors (Lipinski definition) is 3. The molecule has 0 bridgehead atoms. The number of thiocarbonyl (C=S) groups is 1. The number of benzene rings is 1. The lowest BCUT2D eigenvalue weighted by Gasteiger charge is -2.23. The minimum Gasteiger partial charge on any atom is -0.370 e. The van der Waals surface area contributed by atoms with E-state index in [0.717, 1.165) is 5.56 Å². The van der Waals surface area contributed by atoms with Gasteiger partial charge in [0, 0.05) is 0 Å². The Morgan fingerprint density at radius 2 is 2.00 bits per heavy atom. The van der Waals surface area contributed by atoms with E-state index in [-0.39, 0.29) is 17.9 Å². The second kappa shape index (κ2) is 3.82. The molecule has 0 amide bonds. The van der Waals surface area contributed by atoms with Crippen LogP contribution in [0.1, 0.15) is 11.7 Å². The monoisotopic (exact) mass is 224 g/mol. The molecule has 4 nitrogen and oxygen atoms in total. The topological polar surface area (TPSA) is 62.4 Å². The summed E-state index contributed by atoms with van der Waals surface area (Å²) in [6.45, 7) is 0. The third kappa shape index (κ3) is 2.21. The molecular weight excluding hydrogens is 215 g/mol. The molecule has 78 valence electrons. The molecule has 1 heterocycles. The Bertz CT molecular complexity index is 415. The Labute approximate surface area is 91.4 Å². The molecule has 15 heavy (non-hydrogen) atoms. The van der Waals surface area contributed by atoms with Gasteiger partial charge in [-0.15, -0.1) is 0 Å². The molecule has 0 saturated carbocycles. The number of nitrogens with one attached hydrogen (secondary N) is 2. The Morgan fingerprint density at radius 3 is 2.60 bits per heavy atom. The number of aliphatic imine (C=N–C) groups is 1. The molecule has 2 rings (SSSR count). The largest absolute Gasteiger partial charge is 0.370 e. The van der Waals surface area contributed by atoms with Crippen molar-refractivity contribution in [3.8, 4) is 0 Å². The van der Waals surface area contributed by atoms with Gasteiger partial charge in [-0.1, -0.05) is 12.1 Å². The molecule has 0 radical (unpaired) electrons.